The molecule has 1 aliphatic heterocycles. The van der Waals surface area contributed by atoms with E-state index in [1.807, 2.05) is 12.1 Å². The fraction of sp³-hybridized carbons (Fsp3) is 0.562. The fourth-order valence-corrected chi connectivity index (χ4v) is 2.91. The molecule has 1 atom stereocenters. The van der Waals surface area contributed by atoms with Gasteiger partial charge in [0.1, 0.15) is 5.75 Å². The molecule has 1 fully saturated rings. The van der Waals surface area contributed by atoms with E-state index in [9.17, 15) is 5.26 Å². The maximum Gasteiger partial charge on any atom is 0.123 e. The van der Waals surface area contributed by atoms with Crippen LogP contribution in [0.15, 0.2) is 18.2 Å². The number of benzene rings is 1. The third-order valence-electron chi connectivity index (χ3n) is 4.15. The Hall–Kier alpha value is -1.53. The third kappa shape index (κ3) is 2.74. The van der Waals surface area contributed by atoms with Gasteiger partial charge in [-0.2, -0.15) is 5.26 Å². The van der Waals surface area contributed by atoms with Crippen LogP contribution < -0.4 is 4.74 Å². The van der Waals surface area contributed by atoms with Crippen molar-refractivity contribution in [3.05, 3.63) is 29.3 Å². The van der Waals surface area contributed by atoms with Crippen LogP contribution in [0.4, 0.5) is 0 Å². The first kappa shape index (κ1) is 13.9. The molecule has 0 aromatic heterocycles. The topological polar surface area (TPSA) is 36.3 Å². The highest BCUT2D eigenvalue weighted by molar-refractivity contribution is 5.46. The second kappa shape index (κ2) is 5.63. The molecule has 0 bridgehead atoms. The SMILES string of the molecule is COc1ccc(C)cc1C1(C#N)CCCN(C)CC1. The molecule has 19 heavy (non-hydrogen) atoms. The van der Waals surface area contributed by atoms with E-state index < -0.39 is 5.41 Å². The molecule has 1 unspecified atom stereocenters. The Balaban J connectivity index is 2.46. The van der Waals surface area contributed by atoms with E-state index in [4.69, 9.17) is 4.74 Å². The first-order valence-corrected chi connectivity index (χ1v) is 6.86. The van der Waals surface area contributed by atoms with Gasteiger partial charge in [0.05, 0.1) is 18.6 Å². The number of rotatable bonds is 2. The summed E-state index contributed by atoms with van der Waals surface area (Å²) in [5.41, 5.74) is 1.85. The van der Waals surface area contributed by atoms with Gasteiger partial charge in [-0.15, -0.1) is 0 Å². The first-order chi connectivity index (χ1) is 9.11. The average Bonchev–Trinajstić information content (AvgIpc) is 2.61. The van der Waals surface area contributed by atoms with E-state index in [1.54, 1.807) is 7.11 Å². The maximum atomic E-state index is 9.79. The van der Waals surface area contributed by atoms with Gasteiger partial charge in [0.15, 0.2) is 0 Å². The van der Waals surface area contributed by atoms with Gasteiger partial charge in [0.25, 0.3) is 0 Å². The molecule has 102 valence electrons. The van der Waals surface area contributed by atoms with Crippen LogP contribution in [0.5, 0.6) is 5.75 Å². The molecule has 1 saturated heterocycles. The Morgan fingerprint density at radius 2 is 2.11 bits per heavy atom. The van der Waals surface area contributed by atoms with Crippen LogP contribution >= 0.6 is 0 Å². The highest BCUT2D eigenvalue weighted by Crippen LogP contribution is 2.40. The van der Waals surface area contributed by atoms with Crippen LogP contribution in [0.3, 0.4) is 0 Å². The lowest BCUT2D eigenvalue weighted by Gasteiger charge is -2.27. The van der Waals surface area contributed by atoms with Crippen LogP contribution in [0.1, 0.15) is 30.4 Å². The van der Waals surface area contributed by atoms with E-state index in [0.29, 0.717) is 0 Å². The van der Waals surface area contributed by atoms with E-state index >= 15 is 0 Å². The second-order valence-electron chi connectivity index (χ2n) is 5.55. The van der Waals surface area contributed by atoms with Crippen molar-refractivity contribution < 1.29 is 4.74 Å². The van der Waals surface area contributed by atoms with Crippen molar-refractivity contribution in [3.8, 4) is 11.8 Å². The number of nitrogens with zero attached hydrogens (tertiary/aromatic N) is 2. The second-order valence-corrected chi connectivity index (χ2v) is 5.55. The molecule has 0 radical (unpaired) electrons. The van der Waals surface area contributed by atoms with Crippen LogP contribution in [0.2, 0.25) is 0 Å². The molecule has 2 rings (SSSR count). The molecule has 0 N–H and O–H groups in total. The van der Waals surface area contributed by atoms with E-state index in [-0.39, 0.29) is 0 Å². The van der Waals surface area contributed by atoms with Gasteiger partial charge < -0.3 is 9.64 Å². The van der Waals surface area contributed by atoms with E-state index in [1.165, 1.54) is 5.56 Å². The van der Waals surface area contributed by atoms with Gasteiger partial charge in [0.2, 0.25) is 0 Å². The number of aryl methyl sites for hydroxylation is 1. The number of methoxy groups -OCH3 is 1. The quantitative estimate of drug-likeness (QED) is 0.818. The number of nitriles is 1. The Labute approximate surface area is 115 Å². The highest BCUT2D eigenvalue weighted by atomic mass is 16.5. The minimum Gasteiger partial charge on any atom is -0.496 e. The zero-order valence-corrected chi connectivity index (χ0v) is 12.1. The molecule has 0 saturated carbocycles. The van der Waals surface area contributed by atoms with Crippen LogP contribution in [0, 0.1) is 18.3 Å². The lowest BCUT2D eigenvalue weighted by Crippen LogP contribution is -2.27. The van der Waals surface area contributed by atoms with Gasteiger partial charge in [-0.1, -0.05) is 17.7 Å². The summed E-state index contributed by atoms with van der Waals surface area (Å²) in [6.07, 6.45) is 2.84. The standard InChI is InChI=1S/C16H22N2O/c1-13-5-6-15(19-3)14(11-13)16(12-17)7-4-9-18(2)10-8-16/h5-6,11H,4,7-10H2,1-3H3. The maximum absolute atomic E-state index is 9.79. The summed E-state index contributed by atoms with van der Waals surface area (Å²) >= 11 is 0. The van der Waals surface area contributed by atoms with Crippen molar-refractivity contribution in [2.45, 2.75) is 31.6 Å². The molecule has 3 nitrogen and oxygen atoms in total. The highest BCUT2D eigenvalue weighted by Gasteiger charge is 2.36. The van der Waals surface area contributed by atoms with Crippen molar-refractivity contribution in [1.29, 1.82) is 5.26 Å². The van der Waals surface area contributed by atoms with E-state index in [0.717, 1.165) is 43.7 Å². The Morgan fingerprint density at radius 3 is 2.79 bits per heavy atom. The van der Waals surface area contributed by atoms with Gasteiger partial charge >= 0.3 is 0 Å². The number of hydrogen-bond acceptors (Lipinski definition) is 3. The summed E-state index contributed by atoms with van der Waals surface area (Å²) in [6, 6.07) is 8.73. The summed E-state index contributed by atoms with van der Waals surface area (Å²) in [5, 5.41) is 9.79. The molecule has 1 aromatic carbocycles. The molecule has 1 aromatic rings. The Morgan fingerprint density at radius 1 is 1.32 bits per heavy atom. The molecule has 0 aliphatic carbocycles. The van der Waals surface area contributed by atoms with Crippen LogP contribution in [0.25, 0.3) is 0 Å². The zero-order chi connectivity index (χ0) is 13.9. The molecule has 1 heterocycles. The lowest BCUT2D eigenvalue weighted by atomic mass is 9.75. The van der Waals surface area contributed by atoms with Crippen molar-refractivity contribution in [3.63, 3.8) is 0 Å². The van der Waals surface area contributed by atoms with Gasteiger partial charge in [-0.3, -0.25) is 0 Å². The summed E-state index contributed by atoms with van der Waals surface area (Å²) in [7, 11) is 3.81. The molecule has 3 heteroatoms. The first-order valence-electron chi connectivity index (χ1n) is 6.86. The summed E-state index contributed by atoms with van der Waals surface area (Å²) < 4.78 is 5.48. The minimum atomic E-state index is -0.401. The molecular weight excluding hydrogens is 236 g/mol. The Bertz CT molecular complexity index is 492. The average molecular weight is 258 g/mol. The predicted molar refractivity (Wildman–Crippen MR) is 76.4 cm³/mol. The summed E-state index contributed by atoms with van der Waals surface area (Å²) in [5.74, 6) is 0.844. The van der Waals surface area contributed by atoms with Crippen molar-refractivity contribution in [2.75, 3.05) is 27.2 Å². The number of likely N-dealkylation sites (tertiary alicyclic amines) is 1. The minimum absolute atomic E-state index is 0.401. The number of hydrogen-bond donors (Lipinski definition) is 0. The summed E-state index contributed by atoms with van der Waals surface area (Å²) in [4.78, 5) is 2.31. The molecule has 0 spiro atoms. The third-order valence-corrected chi connectivity index (χ3v) is 4.15. The normalized spacial score (nSPS) is 24.5. The molecule has 1 aliphatic rings. The number of ether oxygens (including phenoxy) is 1. The fourth-order valence-electron chi connectivity index (χ4n) is 2.91. The van der Waals surface area contributed by atoms with Gasteiger partial charge in [0, 0.05) is 5.56 Å². The van der Waals surface area contributed by atoms with Crippen LogP contribution in [-0.2, 0) is 5.41 Å². The lowest BCUT2D eigenvalue weighted by molar-refractivity contribution is 0.339. The van der Waals surface area contributed by atoms with Gasteiger partial charge in [-0.25, -0.2) is 0 Å². The van der Waals surface area contributed by atoms with Crippen LogP contribution in [-0.4, -0.2) is 32.1 Å². The smallest absolute Gasteiger partial charge is 0.123 e. The van der Waals surface area contributed by atoms with Gasteiger partial charge in [-0.05, 0) is 52.4 Å². The largest absolute Gasteiger partial charge is 0.496 e. The predicted octanol–water partition coefficient (Wildman–Crippen LogP) is 2.88. The van der Waals surface area contributed by atoms with Crippen molar-refractivity contribution >= 4 is 0 Å². The molecular formula is C16H22N2O. The monoisotopic (exact) mass is 258 g/mol. The zero-order valence-electron chi connectivity index (χ0n) is 12.1. The van der Waals surface area contributed by atoms with Crippen molar-refractivity contribution in [1.82, 2.24) is 4.90 Å². The Kier molecular flexibility index (Phi) is 4.11. The van der Waals surface area contributed by atoms with Crippen molar-refractivity contribution in [2.24, 2.45) is 0 Å². The summed E-state index contributed by atoms with van der Waals surface area (Å²) in [6.45, 7) is 4.10. The molecule has 0 amide bonds. The van der Waals surface area contributed by atoms with E-state index in [2.05, 4.69) is 31.0 Å².